The topological polar surface area (TPSA) is 260 Å². The van der Waals surface area contributed by atoms with Crippen LogP contribution in [0.1, 0.15) is 100 Å². The maximum Gasteiger partial charge on any atom is 0.340 e. The molecule has 7 aromatic rings. The predicted molar refractivity (Wildman–Crippen MR) is 296 cm³/mol. The number of hydrogen-bond donors (Lipinski definition) is 0. The van der Waals surface area contributed by atoms with Crippen molar-refractivity contribution in [2.75, 3.05) is 13.2 Å². The number of amides is 4. The van der Waals surface area contributed by atoms with Crippen LogP contribution in [0.5, 0.6) is 0 Å². The van der Waals surface area contributed by atoms with E-state index in [9.17, 15) is 47.9 Å². The number of carbonyl (C=O) groups excluding carboxylic acids is 10. The molecule has 7 aromatic carbocycles. The molecule has 2 fully saturated rings. The van der Waals surface area contributed by atoms with Crippen LogP contribution in [-0.2, 0) is 47.4 Å². The Balaban J connectivity index is 1.06. The van der Waals surface area contributed by atoms with Crippen LogP contribution in [0.3, 0.4) is 0 Å². The zero-order valence-electron chi connectivity index (χ0n) is 45.4. The van der Waals surface area contributed by atoms with E-state index < -0.39 is 134 Å². The minimum Gasteiger partial charge on any atom is -0.463 e. The van der Waals surface area contributed by atoms with E-state index in [4.69, 9.17) is 42.6 Å². The fraction of sp³-hybridized carbons (Fsp3) is 0.200. The van der Waals surface area contributed by atoms with Crippen LogP contribution in [0.4, 0.5) is 0 Å². The van der Waals surface area contributed by atoms with Gasteiger partial charge < -0.3 is 42.6 Å². The quantitative estimate of drug-likeness (QED) is 0.0500. The predicted octanol–water partition coefficient (Wildman–Crippen LogP) is 7.10. The second-order valence-corrected chi connectivity index (χ2v) is 20.0. The Morgan fingerprint density at radius 1 is 0.349 bits per heavy atom. The van der Waals surface area contributed by atoms with Crippen molar-refractivity contribution < 1.29 is 90.6 Å². The lowest BCUT2D eigenvalue weighted by Gasteiger charge is -2.49. The van der Waals surface area contributed by atoms with Crippen molar-refractivity contribution in [3.63, 3.8) is 0 Å². The Morgan fingerprint density at radius 3 is 0.942 bits per heavy atom. The molecule has 11 rings (SSSR count). The molecular weight excluding hydrogens is 1110 g/mol. The third kappa shape index (κ3) is 11.7. The summed E-state index contributed by atoms with van der Waals surface area (Å²) in [4.78, 5) is 146. The number of esters is 6. The average molecular weight is 1160 g/mol. The highest BCUT2D eigenvalue weighted by Crippen LogP contribution is 2.40. The van der Waals surface area contributed by atoms with Gasteiger partial charge >= 0.3 is 35.8 Å². The third-order valence-electron chi connectivity index (χ3n) is 14.6. The van der Waals surface area contributed by atoms with Crippen LogP contribution in [0, 0.1) is 0 Å². The number of imide groups is 2. The Labute approximate surface area is 489 Å². The van der Waals surface area contributed by atoms with Crippen LogP contribution in [0.2, 0.25) is 0 Å². The van der Waals surface area contributed by atoms with Crippen molar-refractivity contribution in [1.29, 1.82) is 0 Å². The van der Waals surface area contributed by atoms with Gasteiger partial charge in [0.15, 0.2) is 30.7 Å². The van der Waals surface area contributed by atoms with Gasteiger partial charge in [0.05, 0.1) is 56.7 Å². The van der Waals surface area contributed by atoms with Gasteiger partial charge in [0.25, 0.3) is 23.6 Å². The molecule has 21 heteroatoms. The number of ether oxygens (including phenoxy) is 9. The largest absolute Gasteiger partial charge is 0.463 e. The van der Waals surface area contributed by atoms with E-state index in [0.717, 1.165) is 6.92 Å². The van der Waals surface area contributed by atoms with E-state index in [-0.39, 0.29) is 50.1 Å². The van der Waals surface area contributed by atoms with Crippen molar-refractivity contribution in [2.24, 2.45) is 0 Å². The lowest BCUT2D eigenvalue weighted by atomic mass is 9.93. The normalized spacial score (nSPS) is 23.1. The fourth-order valence-electron chi connectivity index (χ4n) is 10.5. The highest BCUT2D eigenvalue weighted by molar-refractivity contribution is 6.22. The maximum atomic E-state index is 14.9. The second-order valence-electron chi connectivity index (χ2n) is 20.0. The van der Waals surface area contributed by atoms with Gasteiger partial charge in [-0.15, -0.1) is 0 Å². The molecule has 21 nitrogen and oxygen atoms in total. The van der Waals surface area contributed by atoms with Crippen molar-refractivity contribution >= 4 is 59.4 Å². The minimum atomic E-state index is -2.11. The Kier molecular flexibility index (Phi) is 16.8. The summed E-state index contributed by atoms with van der Waals surface area (Å²) in [6, 6.07) is 45.5. The summed E-state index contributed by atoms with van der Waals surface area (Å²) < 4.78 is 56.7. The van der Waals surface area contributed by atoms with Crippen molar-refractivity contribution in [2.45, 2.75) is 68.2 Å². The molecule has 4 heterocycles. The lowest BCUT2D eigenvalue weighted by molar-refractivity contribution is -0.304. The van der Waals surface area contributed by atoms with Crippen molar-refractivity contribution in [1.82, 2.24) is 9.80 Å². The molecule has 4 amide bonds. The van der Waals surface area contributed by atoms with E-state index in [1.165, 1.54) is 121 Å². The van der Waals surface area contributed by atoms with Gasteiger partial charge in [-0.3, -0.25) is 33.8 Å². The highest BCUT2D eigenvalue weighted by Gasteiger charge is 2.61. The van der Waals surface area contributed by atoms with Gasteiger partial charge in [0.2, 0.25) is 6.29 Å². The molecule has 2 saturated heterocycles. The molecule has 4 aliphatic heterocycles. The van der Waals surface area contributed by atoms with Crippen LogP contribution < -0.4 is 0 Å². The number of nitrogens with zero attached hydrogens (tertiary/aromatic N) is 2. The number of fused-ring (bicyclic) bond motifs is 2. The molecule has 86 heavy (non-hydrogen) atoms. The molecule has 434 valence electrons. The molecule has 10 atom stereocenters. The molecule has 0 aromatic heterocycles. The van der Waals surface area contributed by atoms with Crippen molar-refractivity contribution in [3.8, 4) is 0 Å². The molecule has 10 unspecified atom stereocenters. The summed E-state index contributed by atoms with van der Waals surface area (Å²) in [5.74, 6) is -9.79. The SMILES string of the molecule is CC(=O)OCC1OC(OCC2OC(OC(=O)c3ccccc3)C(N3C(=O)c4ccccc4C3=O)C(OC(=O)c3ccccc3)C2OC(=O)c2ccccc2)C(N2C(=O)c3ccccc3C2=O)C(OC(=O)c2ccccc2)C1OC(=O)c1ccccc1. The smallest absolute Gasteiger partial charge is 0.340 e. The molecule has 0 N–H and O–H groups in total. The Hall–Kier alpha value is -10.5. The van der Waals surface area contributed by atoms with Crippen LogP contribution in [-0.4, -0.2) is 144 Å². The first-order valence-corrected chi connectivity index (χ1v) is 27.1. The Morgan fingerprint density at radius 2 is 0.616 bits per heavy atom. The third-order valence-corrected chi connectivity index (χ3v) is 14.6. The molecule has 0 saturated carbocycles. The average Bonchev–Trinajstić information content (AvgIpc) is 1.60. The van der Waals surface area contributed by atoms with Gasteiger partial charge in [0.1, 0.15) is 30.9 Å². The zero-order chi connectivity index (χ0) is 60.0. The Bertz CT molecular complexity index is 3670. The summed E-state index contributed by atoms with van der Waals surface area (Å²) in [5, 5.41) is 0. The fourth-order valence-corrected chi connectivity index (χ4v) is 10.5. The highest BCUT2D eigenvalue weighted by atomic mass is 16.7. The molecule has 4 aliphatic rings. The first kappa shape index (κ1) is 57.3. The van der Waals surface area contributed by atoms with E-state index in [0.29, 0.717) is 9.80 Å². The number of benzene rings is 7. The van der Waals surface area contributed by atoms with Gasteiger partial charge in [-0.05, 0) is 84.9 Å². The molecule has 0 spiro atoms. The first-order chi connectivity index (χ1) is 41.7. The number of hydrogen-bond acceptors (Lipinski definition) is 19. The van der Waals surface area contributed by atoms with E-state index in [2.05, 4.69) is 0 Å². The molecule has 0 radical (unpaired) electrons. The van der Waals surface area contributed by atoms with Crippen LogP contribution in [0.15, 0.2) is 200 Å². The minimum absolute atomic E-state index is 0.0117. The van der Waals surface area contributed by atoms with Gasteiger partial charge in [-0.1, -0.05) is 115 Å². The molecule has 0 aliphatic carbocycles. The summed E-state index contributed by atoms with van der Waals surface area (Å²) in [6.07, 6.45) is -15.4. The van der Waals surface area contributed by atoms with Gasteiger partial charge in [0, 0.05) is 6.92 Å². The summed E-state index contributed by atoms with van der Waals surface area (Å²) in [7, 11) is 0. The van der Waals surface area contributed by atoms with E-state index in [1.54, 1.807) is 78.9 Å². The van der Waals surface area contributed by atoms with Crippen molar-refractivity contribution in [3.05, 3.63) is 250 Å². The van der Waals surface area contributed by atoms with Gasteiger partial charge in [-0.25, -0.2) is 24.0 Å². The van der Waals surface area contributed by atoms with Crippen LogP contribution in [0.25, 0.3) is 0 Å². The number of carbonyl (C=O) groups is 10. The first-order valence-electron chi connectivity index (χ1n) is 27.1. The summed E-state index contributed by atoms with van der Waals surface area (Å²) in [5.41, 5.74) is -0.449. The van der Waals surface area contributed by atoms with Crippen LogP contribution >= 0.6 is 0 Å². The van der Waals surface area contributed by atoms with E-state index >= 15 is 0 Å². The standard InChI is InChI=1S/C65H50N2O19/c1-37(68)78-35-47-51(82-59(73)38-21-7-2-8-22-38)53(84-61(75)40-25-11-4-12-26-40)49(66-55(69)43-31-17-18-32-44(43)56(66)70)64(80-47)79-36-48-52(83-60(74)39-23-9-3-10-24-39)54(85-62(76)41-27-13-5-14-28-41)50(65(81-48)86-63(77)42-29-15-6-16-30-42)67-57(71)45-33-19-20-34-46(45)58(67)72/h2-34,47-54,64-65H,35-36H2,1H3. The zero-order valence-corrected chi connectivity index (χ0v) is 45.4. The molecular formula is C65H50N2O19. The maximum absolute atomic E-state index is 14.9. The molecule has 0 bridgehead atoms. The monoisotopic (exact) mass is 1160 g/mol. The number of rotatable bonds is 17. The second kappa shape index (κ2) is 25.2. The van der Waals surface area contributed by atoms with Gasteiger partial charge in [-0.2, -0.15) is 0 Å². The summed E-state index contributed by atoms with van der Waals surface area (Å²) >= 11 is 0. The van der Waals surface area contributed by atoms with E-state index in [1.807, 2.05) is 0 Å². The summed E-state index contributed by atoms with van der Waals surface area (Å²) in [6.45, 7) is -0.589. The lowest BCUT2D eigenvalue weighted by Crippen LogP contribution is -2.69.